The van der Waals surface area contributed by atoms with E-state index < -0.39 is 11.7 Å². The molecule has 0 saturated carbocycles. The quantitative estimate of drug-likeness (QED) is 0.282. The highest BCUT2D eigenvalue weighted by Crippen LogP contribution is 2.38. The molecule has 0 bridgehead atoms. The molecule has 0 amide bonds. The Kier molecular flexibility index (Phi) is 5.30. The molecule has 4 aromatic heterocycles. The van der Waals surface area contributed by atoms with E-state index >= 15 is 0 Å². The molecule has 0 radical (unpaired) electrons. The second kappa shape index (κ2) is 8.14. The Labute approximate surface area is 190 Å². The van der Waals surface area contributed by atoms with Crippen LogP contribution >= 0.6 is 22.7 Å². The second-order valence-electron chi connectivity index (χ2n) is 7.28. The van der Waals surface area contributed by atoms with Crippen LogP contribution in [0.5, 0.6) is 0 Å². The predicted molar refractivity (Wildman–Crippen MR) is 122 cm³/mol. The van der Waals surface area contributed by atoms with Gasteiger partial charge in [-0.05, 0) is 24.4 Å². The zero-order valence-electron chi connectivity index (χ0n) is 16.9. The first-order chi connectivity index (χ1) is 15.4. The van der Waals surface area contributed by atoms with E-state index in [0.29, 0.717) is 29.2 Å². The van der Waals surface area contributed by atoms with Crippen molar-refractivity contribution >= 4 is 33.7 Å². The van der Waals surface area contributed by atoms with E-state index in [1.165, 1.54) is 22.7 Å². The van der Waals surface area contributed by atoms with Crippen LogP contribution in [0, 0.1) is 6.92 Å². The number of nitrogens with zero attached hydrogens (tertiary/aromatic N) is 4. The summed E-state index contributed by atoms with van der Waals surface area (Å²) in [6.45, 7) is 1.99. The summed E-state index contributed by atoms with van der Waals surface area (Å²) in [5, 5.41) is 9.17. The van der Waals surface area contributed by atoms with Gasteiger partial charge >= 0.3 is 6.18 Å². The van der Waals surface area contributed by atoms with Gasteiger partial charge in [0.1, 0.15) is 0 Å². The molecule has 5 rings (SSSR count). The lowest BCUT2D eigenvalue weighted by Gasteiger charge is -2.11. The zero-order chi connectivity index (χ0) is 22.3. The zero-order valence-corrected chi connectivity index (χ0v) is 18.6. The predicted octanol–water partition coefficient (Wildman–Crippen LogP) is 6.85. The maximum absolute atomic E-state index is 13.9. The molecule has 162 valence electrons. The Morgan fingerprint density at radius 3 is 2.50 bits per heavy atom. The molecule has 0 fully saturated rings. The lowest BCUT2D eigenvalue weighted by atomic mass is 10.1. The maximum atomic E-state index is 13.9. The summed E-state index contributed by atoms with van der Waals surface area (Å²) in [4.78, 5) is 9.94. The van der Waals surface area contributed by atoms with Crippen molar-refractivity contribution < 1.29 is 13.2 Å². The van der Waals surface area contributed by atoms with E-state index in [9.17, 15) is 13.2 Å². The van der Waals surface area contributed by atoms with Crippen LogP contribution in [0.1, 0.15) is 16.3 Å². The topological polar surface area (TPSA) is 43.6 Å². The third-order valence-corrected chi connectivity index (χ3v) is 6.92. The Morgan fingerprint density at radius 2 is 1.78 bits per heavy atom. The van der Waals surface area contributed by atoms with Gasteiger partial charge in [-0.1, -0.05) is 36.4 Å². The molecule has 9 heteroatoms. The fourth-order valence-corrected chi connectivity index (χ4v) is 5.14. The lowest BCUT2D eigenvalue weighted by Crippen LogP contribution is -2.08. The van der Waals surface area contributed by atoms with Crippen molar-refractivity contribution in [3.63, 3.8) is 0 Å². The van der Waals surface area contributed by atoms with Gasteiger partial charge in [0.25, 0.3) is 0 Å². The van der Waals surface area contributed by atoms with Crippen LogP contribution in [0.4, 0.5) is 13.2 Å². The summed E-state index contributed by atoms with van der Waals surface area (Å²) in [5.74, 6) is 0. The third-order valence-electron chi connectivity index (χ3n) is 5.12. The molecule has 32 heavy (non-hydrogen) atoms. The van der Waals surface area contributed by atoms with Crippen molar-refractivity contribution in [1.29, 1.82) is 0 Å². The molecule has 1 aromatic carbocycles. The normalized spacial score (nSPS) is 12.0. The Hall–Kier alpha value is -3.04. The van der Waals surface area contributed by atoms with Crippen molar-refractivity contribution in [1.82, 2.24) is 19.7 Å². The Bertz CT molecular complexity index is 1370. The minimum Gasteiger partial charge on any atom is -0.247 e. The highest BCUT2D eigenvalue weighted by molar-refractivity contribution is 7.13. The molecular formula is C23H17F3N4S2. The molecule has 5 aromatic rings. The van der Waals surface area contributed by atoms with Crippen LogP contribution in [-0.4, -0.2) is 19.7 Å². The van der Waals surface area contributed by atoms with E-state index in [2.05, 4.69) is 15.1 Å². The molecular weight excluding hydrogens is 453 g/mol. The van der Waals surface area contributed by atoms with Gasteiger partial charge in [-0.3, -0.25) is 0 Å². The summed E-state index contributed by atoms with van der Waals surface area (Å²) in [6.07, 6.45) is -3.94. The van der Waals surface area contributed by atoms with Gasteiger partial charge in [-0.25, -0.2) is 14.6 Å². The number of thiazole rings is 1. The summed E-state index contributed by atoms with van der Waals surface area (Å²) in [5.41, 5.74) is 2.11. The molecule has 4 nitrogen and oxygen atoms in total. The van der Waals surface area contributed by atoms with Gasteiger partial charge in [-0.2, -0.15) is 18.3 Å². The SMILES string of the molecule is Cc1nn(CCc2nc(-c3ccccc3)cs2)c2nc(-c3cccs3)cc(C(F)(F)F)c12. The molecule has 0 N–H and O–H groups in total. The molecule has 0 aliphatic rings. The molecule has 0 atom stereocenters. The van der Waals surface area contributed by atoms with Crippen LogP contribution < -0.4 is 0 Å². The molecule has 0 unspecified atom stereocenters. The highest BCUT2D eigenvalue weighted by Gasteiger charge is 2.35. The minimum atomic E-state index is -4.49. The first-order valence-corrected chi connectivity index (χ1v) is 11.6. The van der Waals surface area contributed by atoms with Crippen molar-refractivity contribution in [2.45, 2.75) is 26.1 Å². The number of fused-ring (bicyclic) bond motifs is 1. The molecule has 0 aliphatic carbocycles. The van der Waals surface area contributed by atoms with Crippen LogP contribution in [0.25, 0.3) is 32.9 Å². The number of aryl methyl sites for hydroxylation is 3. The first-order valence-electron chi connectivity index (χ1n) is 9.89. The Morgan fingerprint density at radius 1 is 0.969 bits per heavy atom. The second-order valence-corrected chi connectivity index (χ2v) is 9.17. The average molecular weight is 471 g/mol. The monoisotopic (exact) mass is 470 g/mol. The van der Waals surface area contributed by atoms with Crippen LogP contribution in [0.3, 0.4) is 0 Å². The number of hydrogen-bond acceptors (Lipinski definition) is 5. The van der Waals surface area contributed by atoms with Crippen molar-refractivity contribution in [3.05, 3.63) is 75.6 Å². The molecule has 0 saturated heterocycles. The summed E-state index contributed by atoms with van der Waals surface area (Å²) >= 11 is 2.89. The van der Waals surface area contributed by atoms with Gasteiger partial charge in [-0.15, -0.1) is 22.7 Å². The van der Waals surface area contributed by atoms with E-state index in [1.54, 1.807) is 23.7 Å². The van der Waals surface area contributed by atoms with E-state index in [4.69, 9.17) is 0 Å². The van der Waals surface area contributed by atoms with Crippen molar-refractivity contribution in [2.75, 3.05) is 0 Å². The highest BCUT2D eigenvalue weighted by atomic mass is 32.1. The number of benzene rings is 1. The third kappa shape index (κ3) is 3.93. The number of pyridine rings is 1. The van der Waals surface area contributed by atoms with Crippen molar-refractivity contribution in [3.8, 4) is 21.8 Å². The number of aromatic nitrogens is 4. The fraction of sp³-hybridized carbons (Fsp3) is 0.174. The largest absolute Gasteiger partial charge is 0.417 e. The molecule has 0 spiro atoms. The van der Waals surface area contributed by atoms with E-state index in [0.717, 1.165) is 22.3 Å². The smallest absolute Gasteiger partial charge is 0.247 e. The fourth-order valence-electron chi connectivity index (χ4n) is 3.65. The van der Waals surface area contributed by atoms with Gasteiger partial charge in [0.2, 0.25) is 0 Å². The van der Waals surface area contributed by atoms with Gasteiger partial charge < -0.3 is 0 Å². The number of halogens is 3. The van der Waals surface area contributed by atoms with Crippen LogP contribution in [0.15, 0.2) is 59.3 Å². The number of rotatable bonds is 5. The summed E-state index contributed by atoms with van der Waals surface area (Å²) < 4.78 is 43.2. The number of alkyl halides is 3. The van der Waals surface area contributed by atoms with Gasteiger partial charge in [0.15, 0.2) is 5.65 Å². The molecule has 4 heterocycles. The van der Waals surface area contributed by atoms with Gasteiger partial charge in [0.05, 0.1) is 37.9 Å². The van der Waals surface area contributed by atoms with Gasteiger partial charge in [0, 0.05) is 23.9 Å². The number of thiophene rings is 1. The average Bonchev–Trinajstić information content (AvgIpc) is 3.53. The van der Waals surface area contributed by atoms with E-state index in [1.807, 2.05) is 41.1 Å². The summed E-state index contributed by atoms with van der Waals surface area (Å²) in [6, 6.07) is 14.6. The van der Waals surface area contributed by atoms with Crippen LogP contribution in [-0.2, 0) is 19.1 Å². The standard InChI is InChI=1S/C23H17F3N4S2/c1-14-21-16(23(24,25)26)12-17(19-8-5-11-31-19)28-22(21)30(29-14)10-9-20-27-18(13-32-20)15-6-3-2-4-7-15/h2-8,11-13H,9-10H2,1H3. The Balaban J connectivity index is 1.51. The van der Waals surface area contributed by atoms with Crippen LogP contribution in [0.2, 0.25) is 0 Å². The first kappa shape index (κ1) is 20.8. The lowest BCUT2D eigenvalue weighted by molar-refractivity contribution is -0.136. The van der Waals surface area contributed by atoms with Crippen molar-refractivity contribution in [2.24, 2.45) is 0 Å². The number of hydrogen-bond donors (Lipinski definition) is 0. The minimum absolute atomic E-state index is 0.0573. The molecule has 0 aliphatic heterocycles. The maximum Gasteiger partial charge on any atom is 0.417 e. The van der Waals surface area contributed by atoms with E-state index in [-0.39, 0.29) is 11.0 Å². The summed E-state index contributed by atoms with van der Waals surface area (Å²) in [7, 11) is 0.